The van der Waals surface area contributed by atoms with Gasteiger partial charge in [0, 0.05) is 46.8 Å². The smallest absolute Gasteiger partial charge is 0.414 e. The first-order chi connectivity index (χ1) is 11.7. The maximum absolute atomic E-state index is 12.0. The van der Waals surface area contributed by atoms with Crippen molar-refractivity contribution in [3.8, 4) is 0 Å². The molecule has 0 bridgehead atoms. The van der Waals surface area contributed by atoms with Gasteiger partial charge in [-0.25, -0.2) is 9.79 Å². The SMILES string of the molecule is O=C1OC(CN=C=S)CN1c1ccc(N2CCCS(=O)CC2)cc1. The second-order valence-corrected chi connectivity index (χ2v) is 7.63. The van der Waals surface area contributed by atoms with Gasteiger partial charge in [0.15, 0.2) is 0 Å². The van der Waals surface area contributed by atoms with Crippen LogP contribution in [0.4, 0.5) is 16.2 Å². The van der Waals surface area contributed by atoms with Gasteiger partial charge in [-0.3, -0.25) is 9.11 Å². The van der Waals surface area contributed by atoms with E-state index in [1.165, 1.54) is 0 Å². The molecule has 2 saturated heterocycles. The molecule has 2 aliphatic rings. The van der Waals surface area contributed by atoms with Crippen LogP contribution in [-0.2, 0) is 15.5 Å². The summed E-state index contributed by atoms with van der Waals surface area (Å²) in [5.74, 6) is 1.49. The van der Waals surface area contributed by atoms with Gasteiger partial charge in [0.2, 0.25) is 0 Å². The number of benzene rings is 1. The van der Waals surface area contributed by atoms with Gasteiger partial charge in [-0.15, -0.1) is 0 Å². The summed E-state index contributed by atoms with van der Waals surface area (Å²) < 4.78 is 16.9. The van der Waals surface area contributed by atoms with E-state index in [1.54, 1.807) is 4.90 Å². The number of anilines is 2. The summed E-state index contributed by atoms with van der Waals surface area (Å²) in [5.41, 5.74) is 1.89. The standard InChI is InChI=1S/C16H19N3O3S2/c20-16-19(11-15(22-16)10-17-12-23)14-4-2-13(3-5-14)18-6-1-8-24(21)9-7-18/h2-5,15H,1,6-11H2. The topological polar surface area (TPSA) is 62.2 Å². The van der Waals surface area contributed by atoms with Gasteiger partial charge in [-0.2, -0.15) is 0 Å². The minimum absolute atomic E-state index is 0.284. The molecular weight excluding hydrogens is 346 g/mol. The molecule has 0 saturated carbocycles. The number of aliphatic imine (C=N–C) groups is 1. The zero-order valence-corrected chi connectivity index (χ0v) is 14.9. The maximum atomic E-state index is 12.0. The zero-order chi connectivity index (χ0) is 16.9. The summed E-state index contributed by atoms with van der Waals surface area (Å²) in [6, 6.07) is 7.84. The number of hydrogen-bond acceptors (Lipinski definition) is 6. The normalized spacial score (nSPS) is 24.2. The Labute approximate surface area is 148 Å². The molecule has 1 aromatic carbocycles. The van der Waals surface area contributed by atoms with Crippen molar-refractivity contribution >= 4 is 45.6 Å². The highest BCUT2D eigenvalue weighted by atomic mass is 32.2. The van der Waals surface area contributed by atoms with E-state index >= 15 is 0 Å². The van der Waals surface area contributed by atoms with Crippen LogP contribution in [0, 0.1) is 0 Å². The molecule has 0 N–H and O–H groups in total. The van der Waals surface area contributed by atoms with Crippen LogP contribution in [0.2, 0.25) is 0 Å². The van der Waals surface area contributed by atoms with Crippen molar-refractivity contribution in [1.82, 2.24) is 0 Å². The van der Waals surface area contributed by atoms with Gasteiger partial charge >= 0.3 is 6.09 Å². The number of hydrogen-bond donors (Lipinski definition) is 0. The van der Waals surface area contributed by atoms with E-state index in [0.29, 0.717) is 18.8 Å². The predicted molar refractivity (Wildman–Crippen MR) is 98.7 cm³/mol. The second kappa shape index (κ2) is 7.88. The van der Waals surface area contributed by atoms with Crippen LogP contribution < -0.4 is 9.80 Å². The van der Waals surface area contributed by atoms with Gasteiger partial charge in [0.05, 0.1) is 18.3 Å². The van der Waals surface area contributed by atoms with Crippen molar-refractivity contribution in [2.75, 3.05) is 47.5 Å². The molecular formula is C16H19N3O3S2. The van der Waals surface area contributed by atoms with Gasteiger partial charge in [-0.1, -0.05) is 0 Å². The molecule has 24 heavy (non-hydrogen) atoms. The Kier molecular flexibility index (Phi) is 5.60. The summed E-state index contributed by atoms with van der Waals surface area (Å²) in [5, 5.41) is 2.29. The van der Waals surface area contributed by atoms with Gasteiger partial charge in [0.1, 0.15) is 6.10 Å². The lowest BCUT2D eigenvalue weighted by atomic mass is 10.2. The van der Waals surface area contributed by atoms with Crippen molar-refractivity contribution in [3.63, 3.8) is 0 Å². The summed E-state index contributed by atoms with van der Waals surface area (Å²) in [7, 11) is -0.703. The van der Waals surface area contributed by atoms with Crippen LogP contribution in [-0.4, -0.2) is 59.3 Å². The van der Waals surface area contributed by atoms with Gasteiger partial charge in [-0.05, 0) is 42.9 Å². The Morgan fingerprint density at radius 1 is 1.25 bits per heavy atom. The molecule has 1 aromatic rings. The lowest BCUT2D eigenvalue weighted by Gasteiger charge is -2.23. The van der Waals surface area contributed by atoms with Crippen molar-refractivity contribution in [2.45, 2.75) is 12.5 Å². The summed E-state index contributed by atoms with van der Waals surface area (Å²) in [6.45, 7) is 2.51. The van der Waals surface area contributed by atoms with E-state index in [9.17, 15) is 9.00 Å². The Morgan fingerprint density at radius 2 is 2.00 bits per heavy atom. The van der Waals surface area contributed by atoms with Gasteiger partial charge < -0.3 is 9.64 Å². The first kappa shape index (κ1) is 17.1. The molecule has 3 rings (SSSR count). The Hall–Kier alpha value is -1.76. The van der Waals surface area contributed by atoms with E-state index in [-0.39, 0.29) is 12.2 Å². The molecule has 2 fully saturated rings. The first-order valence-corrected chi connectivity index (χ1v) is 9.79. The summed E-state index contributed by atoms with van der Waals surface area (Å²) >= 11 is 4.54. The minimum Gasteiger partial charge on any atom is -0.442 e. The van der Waals surface area contributed by atoms with Crippen LogP contribution in [0.1, 0.15) is 6.42 Å². The monoisotopic (exact) mass is 365 g/mol. The van der Waals surface area contributed by atoms with Crippen molar-refractivity contribution in [3.05, 3.63) is 24.3 Å². The minimum atomic E-state index is -0.703. The second-order valence-electron chi connectivity index (χ2n) is 5.75. The molecule has 8 heteroatoms. The first-order valence-electron chi connectivity index (χ1n) is 7.89. The number of carbonyl (C=O) groups is 1. The van der Waals surface area contributed by atoms with Crippen LogP contribution in [0.5, 0.6) is 0 Å². The summed E-state index contributed by atoms with van der Waals surface area (Å²) in [6.07, 6.45) is 0.292. The largest absolute Gasteiger partial charge is 0.442 e. The number of carbonyl (C=O) groups excluding carboxylic acids is 1. The number of thiocarbonyl (C=S) groups is 1. The molecule has 2 aliphatic heterocycles. The van der Waals surface area contributed by atoms with Crippen LogP contribution in [0.3, 0.4) is 0 Å². The number of nitrogens with zero attached hydrogens (tertiary/aromatic N) is 3. The van der Waals surface area contributed by atoms with Gasteiger partial charge in [0.25, 0.3) is 0 Å². The fourth-order valence-electron chi connectivity index (χ4n) is 2.91. The molecule has 0 radical (unpaired) electrons. The average Bonchev–Trinajstić information content (AvgIpc) is 2.82. The Balaban J connectivity index is 1.67. The Bertz CT molecular complexity index is 674. The molecule has 2 heterocycles. The Morgan fingerprint density at radius 3 is 2.75 bits per heavy atom. The molecule has 128 valence electrons. The predicted octanol–water partition coefficient (Wildman–Crippen LogP) is 2.07. The van der Waals surface area contributed by atoms with Crippen molar-refractivity contribution in [1.29, 1.82) is 0 Å². The zero-order valence-electron chi connectivity index (χ0n) is 13.2. The van der Waals surface area contributed by atoms with Crippen molar-refractivity contribution in [2.24, 2.45) is 4.99 Å². The lowest BCUT2D eigenvalue weighted by Crippen LogP contribution is -2.27. The van der Waals surface area contributed by atoms with E-state index in [0.717, 1.165) is 36.6 Å². The molecule has 2 unspecified atom stereocenters. The molecule has 0 aliphatic carbocycles. The van der Waals surface area contributed by atoms with Crippen LogP contribution in [0.25, 0.3) is 0 Å². The number of ether oxygens (including phenoxy) is 1. The van der Waals surface area contributed by atoms with Crippen LogP contribution >= 0.6 is 12.2 Å². The highest BCUT2D eigenvalue weighted by molar-refractivity contribution is 7.85. The lowest BCUT2D eigenvalue weighted by molar-refractivity contribution is 0.145. The number of rotatable bonds is 4. The molecule has 0 aromatic heterocycles. The molecule has 6 nitrogen and oxygen atoms in total. The third kappa shape index (κ3) is 4.01. The highest BCUT2D eigenvalue weighted by Crippen LogP contribution is 2.25. The van der Waals surface area contributed by atoms with E-state index in [4.69, 9.17) is 4.74 Å². The number of cyclic esters (lactones) is 1. The quantitative estimate of drug-likeness (QED) is 0.604. The third-order valence-electron chi connectivity index (χ3n) is 4.15. The third-order valence-corrected chi connectivity index (χ3v) is 5.66. The summed E-state index contributed by atoms with van der Waals surface area (Å²) in [4.78, 5) is 19.7. The fourth-order valence-corrected chi connectivity index (χ4v) is 4.06. The van der Waals surface area contributed by atoms with E-state index < -0.39 is 10.8 Å². The highest BCUT2D eigenvalue weighted by Gasteiger charge is 2.32. The number of amides is 1. The number of isothiocyanates is 1. The van der Waals surface area contributed by atoms with Crippen LogP contribution in [0.15, 0.2) is 29.3 Å². The van der Waals surface area contributed by atoms with E-state index in [1.807, 2.05) is 24.3 Å². The fraction of sp³-hybridized carbons (Fsp3) is 0.500. The molecule has 1 amide bonds. The van der Waals surface area contributed by atoms with E-state index in [2.05, 4.69) is 27.3 Å². The average molecular weight is 365 g/mol. The molecule has 0 spiro atoms. The maximum Gasteiger partial charge on any atom is 0.414 e. The van der Waals surface area contributed by atoms with Crippen molar-refractivity contribution < 1.29 is 13.7 Å². The molecule has 2 atom stereocenters.